The molecule has 0 aliphatic rings. The Hall–Kier alpha value is -1.77. The minimum absolute atomic E-state index is 0.000318. The summed E-state index contributed by atoms with van der Waals surface area (Å²) in [5, 5.41) is 9.15. The Labute approximate surface area is 130 Å². The molecule has 0 saturated carbocycles. The van der Waals surface area contributed by atoms with E-state index in [9.17, 15) is 13.2 Å². The lowest BCUT2D eigenvalue weighted by Crippen LogP contribution is -2.14. The van der Waals surface area contributed by atoms with E-state index in [2.05, 4.69) is 4.72 Å². The van der Waals surface area contributed by atoms with Gasteiger partial charge < -0.3 is 9.84 Å². The van der Waals surface area contributed by atoms with Gasteiger partial charge in [-0.2, -0.15) is 0 Å². The highest BCUT2D eigenvalue weighted by molar-refractivity contribution is 7.94. The number of ether oxygens (including phenoxy) is 1. The first-order chi connectivity index (χ1) is 9.83. The third-order valence-corrected chi connectivity index (χ3v) is 5.60. The number of aromatic carboxylic acids is 1. The number of carboxylic acid groups (broad SMARTS) is 1. The number of hydrogen-bond acceptors (Lipinski definition) is 5. The topological polar surface area (TPSA) is 92.7 Å². The van der Waals surface area contributed by atoms with E-state index in [1.807, 2.05) is 0 Å². The molecule has 0 fully saturated rings. The molecule has 0 unspecified atom stereocenters. The first-order valence-electron chi connectivity index (χ1n) is 5.53. The minimum atomic E-state index is -3.89. The van der Waals surface area contributed by atoms with E-state index in [1.165, 1.54) is 37.4 Å². The monoisotopic (exact) mass is 347 g/mol. The Morgan fingerprint density at radius 3 is 2.57 bits per heavy atom. The minimum Gasteiger partial charge on any atom is -0.497 e. The van der Waals surface area contributed by atoms with Crippen LogP contribution in [0.2, 0.25) is 4.34 Å². The molecule has 1 aromatic heterocycles. The molecular weight excluding hydrogens is 338 g/mol. The van der Waals surface area contributed by atoms with Crippen molar-refractivity contribution in [2.45, 2.75) is 4.21 Å². The fraction of sp³-hybridized carbons (Fsp3) is 0.0833. The zero-order valence-electron chi connectivity index (χ0n) is 10.7. The molecule has 0 radical (unpaired) electrons. The first-order valence-corrected chi connectivity index (χ1v) is 8.21. The Morgan fingerprint density at radius 2 is 2.05 bits per heavy atom. The van der Waals surface area contributed by atoms with Crippen molar-refractivity contribution in [2.24, 2.45) is 0 Å². The molecule has 1 heterocycles. The van der Waals surface area contributed by atoms with Crippen LogP contribution < -0.4 is 9.46 Å². The number of thiophene rings is 1. The summed E-state index contributed by atoms with van der Waals surface area (Å²) in [6.07, 6.45) is 0. The molecule has 0 aliphatic carbocycles. The van der Waals surface area contributed by atoms with Crippen molar-refractivity contribution < 1.29 is 23.1 Å². The summed E-state index contributed by atoms with van der Waals surface area (Å²) in [6.45, 7) is 0. The Balaban J connectivity index is 2.41. The standard InChI is InChI=1S/C12H10ClNO5S2/c1-19-7-2-3-9(8(6-7)12(15)16)14-21(17,18)11-5-4-10(13)20-11/h2-6,14H,1H3,(H,15,16). The van der Waals surface area contributed by atoms with E-state index >= 15 is 0 Å². The van der Waals surface area contributed by atoms with Gasteiger partial charge in [0.1, 0.15) is 9.96 Å². The SMILES string of the molecule is COc1ccc(NS(=O)(=O)c2ccc(Cl)s2)c(C(=O)O)c1. The van der Waals surface area contributed by atoms with Gasteiger partial charge in [0.25, 0.3) is 10.0 Å². The molecule has 0 aliphatic heterocycles. The number of halogens is 1. The maximum absolute atomic E-state index is 12.2. The smallest absolute Gasteiger partial charge is 0.337 e. The van der Waals surface area contributed by atoms with Crippen LogP contribution in [0.25, 0.3) is 0 Å². The molecule has 0 spiro atoms. The average Bonchev–Trinajstić information content (AvgIpc) is 2.86. The lowest BCUT2D eigenvalue weighted by molar-refractivity contribution is 0.0697. The fourth-order valence-electron chi connectivity index (χ4n) is 1.55. The summed E-state index contributed by atoms with van der Waals surface area (Å²) in [4.78, 5) is 11.2. The van der Waals surface area contributed by atoms with Crippen LogP contribution in [0.15, 0.2) is 34.5 Å². The number of nitrogens with one attached hydrogen (secondary N) is 1. The van der Waals surface area contributed by atoms with Crippen molar-refractivity contribution >= 4 is 44.6 Å². The van der Waals surface area contributed by atoms with Gasteiger partial charge in [0, 0.05) is 0 Å². The maximum atomic E-state index is 12.2. The van der Waals surface area contributed by atoms with Crippen LogP contribution in [0.3, 0.4) is 0 Å². The highest BCUT2D eigenvalue weighted by atomic mass is 35.5. The van der Waals surface area contributed by atoms with Gasteiger partial charge in [-0.1, -0.05) is 11.6 Å². The number of carbonyl (C=O) groups is 1. The number of carboxylic acids is 1. The molecule has 2 rings (SSSR count). The summed E-state index contributed by atoms with van der Waals surface area (Å²) in [5.74, 6) is -0.953. The molecule has 2 N–H and O–H groups in total. The Morgan fingerprint density at radius 1 is 1.33 bits per heavy atom. The zero-order chi connectivity index (χ0) is 15.6. The lowest BCUT2D eigenvalue weighted by Gasteiger charge is -2.10. The van der Waals surface area contributed by atoms with Crippen molar-refractivity contribution in [3.63, 3.8) is 0 Å². The van der Waals surface area contributed by atoms with Gasteiger partial charge in [-0.25, -0.2) is 13.2 Å². The first kappa shape index (κ1) is 15.6. The predicted octanol–water partition coefficient (Wildman–Crippen LogP) is 2.91. The molecule has 2 aromatic rings. The number of benzene rings is 1. The second-order valence-corrected chi connectivity index (χ2v) is 7.51. The molecular formula is C12H10ClNO5S2. The number of hydrogen-bond donors (Lipinski definition) is 2. The van der Waals surface area contributed by atoms with E-state index in [0.717, 1.165) is 11.3 Å². The van der Waals surface area contributed by atoms with Gasteiger partial charge in [0.05, 0.1) is 22.7 Å². The normalized spacial score (nSPS) is 11.1. The van der Waals surface area contributed by atoms with Gasteiger partial charge >= 0.3 is 5.97 Å². The largest absolute Gasteiger partial charge is 0.497 e. The van der Waals surface area contributed by atoms with Crippen LogP contribution in [0.1, 0.15) is 10.4 Å². The average molecular weight is 348 g/mol. The molecule has 21 heavy (non-hydrogen) atoms. The number of rotatable bonds is 5. The highest BCUT2D eigenvalue weighted by Gasteiger charge is 2.20. The van der Waals surface area contributed by atoms with E-state index in [-0.39, 0.29) is 15.5 Å². The third-order valence-electron chi connectivity index (χ3n) is 2.51. The number of sulfonamides is 1. The second-order valence-electron chi connectivity index (χ2n) is 3.88. The van der Waals surface area contributed by atoms with Crippen LogP contribution in [-0.4, -0.2) is 26.6 Å². The van der Waals surface area contributed by atoms with Gasteiger partial charge in [0.15, 0.2) is 0 Å². The zero-order valence-corrected chi connectivity index (χ0v) is 13.1. The molecule has 0 amide bonds. The van der Waals surface area contributed by atoms with Crippen molar-refractivity contribution in [2.75, 3.05) is 11.8 Å². The third kappa shape index (κ3) is 3.46. The summed E-state index contributed by atoms with van der Waals surface area (Å²) < 4.78 is 31.8. The van der Waals surface area contributed by atoms with Gasteiger partial charge in [-0.3, -0.25) is 4.72 Å². The quantitative estimate of drug-likeness (QED) is 0.867. The molecule has 112 valence electrons. The Bertz CT molecular complexity index is 785. The van der Waals surface area contributed by atoms with Gasteiger partial charge in [-0.05, 0) is 30.3 Å². The number of anilines is 1. The van der Waals surface area contributed by atoms with E-state index < -0.39 is 16.0 Å². The van der Waals surface area contributed by atoms with Crippen LogP contribution in [0.4, 0.5) is 5.69 Å². The summed E-state index contributed by atoms with van der Waals surface area (Å²) in [5.41, 5.74) is -0.256. The van der Waals surface area contributed by atoms with Gasteiger partial charge in [-0.15, -0.1) is 11.3 Å². The van der Waals surface area contributed by atoms with Crippen LogP contribution in [0, 0.1) is 0 Å². The van der Waals surface area contributed by atoms with Crippen molar-refractivity contribution in [1.82, 2.24) is 0 Å². The van der Waals surface area contributed by atoms with E-state index in [0.29, 0.717) is 10.1 Å². The van der Waals surface area contributed by atoms with Crippen molar-refractivity contribution in [3.8, 4) is 5.75 Å². The lowest BCUT2D eigenvalue weighted by atomic mass is 10.2. The molecule has 0 bridgehead atoms. The molecule has 1 aromatic carbocycles. The molecule has 6 nitrogen and oxygen atoms in total. The highest BCUT2D eigenvalue weighted by Crippen LogP contribution is 2.29. The summed E-state index contributed by atoms with van der Waals surface area (Å²) in [6, 6.07) is 6.83. The fourth-order valence-corrected chi connectivity index (χ4v) is 4.12. The molecule has 0 saturated heterocycles. The van der Waals surface area contributed by atoms with Gasteiger partial charge in [0.2, 0.25) is 0 Å². The Kier molecular flexibility index (Phi) is 4.40. The molecule has 9 heteroatoms. The van der Waals surface area contributed by atoms with Crippen LogP contribution in [0.5, 0.6) is 5.75 Å². The van der Waals surface area contributed by atoms with E-state index in [1.54, 1.807) is 0 Å². The number of methoxy groups -OCH3 is 1. The van der Waals surface area contributed by atoms with E-state index in [4.69, 9.17) is 21.4 Å². The van der Waals surface area contributed by atoms with Crippen molar-refractivity contribution in [1.29, 1.82) is 0 Å². The van der Waals surface area contributed by atoms with Crippen LogP contribution >= 0.6 is 22.9 Å². The predicted molar refractivity (Wildman–Crippen MR) is 80.1 cm³/mol. The summed E-state index contributed by atoms with van der Waals surface area (Å²) in [7, 11) is -2.50. The second kappa shape index (κ2) is 5.92. The molecule has 0 atom stereocenters. The maximum Gasteiger partial charge on any atom is 0.337 e. The van der Waals surface area contributed by atoms with Crippen LogP contribution in [-0.2, 0) is 10.0 Å². The summed E-state index contributed by atoms with van der Waals surface area (Å²) >= 11 is 6.59. The van der Waals surface area contributed by atoms with Crippen molar-refractivity contribution in [3.05, 3.63) is 40.2 Å².